The van der Waals surface area contributed by atoms with Crippen LogP contribution < -0.4 is 9.47 Å². The summed E-state index contributed by atoms with van der Waals surface area (Å²) in [5.41, 5.74) is 1.58. The van der Waals surface area contributed by atoms with Crippen molar-refractivity contribution in [1.29, 1.82) is 0 Å². The number of aryl methyl sites for hydroxylation is 1. The van der Waals surface area contributed by atoms with Gasteiger partial charge in [-0.1, -0.05) is 17.3 Å². The van der Waals surface area contributed by atoms with E-state index in [0.717, 1.165) is 11.6 Å². The van der Waals surface area contributed by atoms with E-state index in [4.69, 9.17) is 9.26 Å². The molecule has 0 bridgehead atoms. The average Bonchev–Trinajstić information content (AvgIpc) is 3.50. The number of alkyl halides is 3. The quantitative estimate of drug-likeness (QED) is 0.389. The number of halogens is 3. The van der Waals surface area contributed by atoms with Crippen LogP contribution in [0.4, 0.5) is 13.2 Å². The standard InChI is InChI=1S/C23H19F3N6O4/c1-13-11-17(32-27-8-9-28-32)15(12-19(13)34-2)22(33)31-10-7-16(31)21-29-20(30-36-21)14-5-3-4-6-18(14)35-23(24,25)26/h3-6,8-9,11-12,16H,7,10H2,1-2H3. The number of para-hydroxylation sites is 1. The lowest BCUT2D eigenvalue weighted by atomic mass is 9.99. The summed E-state index contributed by atoms with van der Waals surface area (Å²) in [5, 5.41) is 12.1. The molecule has 2 aromatic carbocycles. The van der Waals surface area contributed by atoms with E-state index in [1.165, 1.54) is 47.4 Å². The molecule has 1 amide bonds. The fourth-order valence-corrected chi connectivity index (χ4v) is 3.96. The van der Waals surface area contributed by atoms with Crippen LogP contribution in [0, 0.1) is 6.92 Å². The number of amides is 1. The van der Waals surface area contributed by atoms with Crippen molar-refractivity contribution in [3.8, 4) is 28.6 Å². The maximum atomic E-state index is 13.6. The number of carbonyl (C=O) groups is 1. The molecule has 36 heavy (non-hydrogen) atoms. The van der Waals surface area contributed by atoms with Crippen molar-refractivity contribution in [2.45, 2.75) is 25.7 Å². The lowest BCUT2D eigenvalue weighted by Crippen LogP contribution is -2.45. The normalized spacial score (nSPS) is 15.5. The van der Waals surface area contributed by atoms with E-state index in [1.54, 1.807) is 12.1 Å². The van der Waals surface area contributed by atoms with E-state index < -0.39 is 18.2 Å². The second-order valence-corrected chi connectivity index (χ2v) is 7.96. The monoisotopic (exact) mass is 500 g/mol. The first kappa shape index (κ1) is 23.3. The largest absolute Gasteiger partial charge is 0.573 e. The Morgan fingerprint density at radius 2 is 1.89 bits per heavy atom. The van der Waals surface area contributed by atoms with Crippen LogP contribution >= 0.6 is 0 Å². The molecular weight excluding hydrogens is 481 g/mol. The smallest absolute Gasteiger partial charge is 0.496 e. The molecule has 1 unspecified atom stereocenters. The second-order valence-electron chi connectivity index (χ2n) is 7.96. The van der Waals surface area contributed by atoms with E-state index in [1.807, 2.05) is 6.92 Å². The van der Waals surface area contributed by atoms with Gasteiger partial charge in [-0.15, -0.1) is 13.2 Å². The van der Waals surface area contributed by atoms with Crippen LogP contribution in [0.25, 0.3) is 17.1 Å². The average molecular weight is 500 g/mol. The predicted molar refractivity (Wildman–Crippen MR) is 117 cm³/mol. The summed E-state index contributed by atoms with van der Waals surface area (Å²) in [6.07, 6.45) is -1.34. The van der Waals surface area contributed by atoms with Gasteiger partial charge in [0.25, 0.3) is 5.91 Å². The van der Waals surface area contributed by atoms with E-state index in [0.29, 0.717) is 30.0 Å². The lowest BCUT2D eigenvalue weighted by Gasteiger charge is -2.38. The minimum atomic E-state index is -4.88. The molecule has 2 aromatic heterocycles. The zero-order valence-electron chi connectivity index (χ0n) is 19.1. The van der Waals surface area contributed by atoms with Crippen molar-refractivity contribution in [2.75, 3.05) is 13.7 Å². The number of rotatable bonds is 6. The van der Waals surface area contributed by atoms with Crippen molar-refractivity contribution >= 4 is 5.91 Å². The SMILES string of the molecule is COc1cc(C(=O)N2CCC2c2nc(-c3ccccc3OC(F)(F)F)no2)c(-n2nccn2)cc1C. The Morgan fingerprint density at radius 3 is 2.56 bits per heavy atom. The molecule has 1 fully saturated rings. The maximum absolute atomic E-state index is 13.6. The minimum absolute atomic E-state index is 0.0114. The number of ether oxygens (including phenoxy) is 2. The fraction of sp³-hybridized carbons (Fsp3) is 0.261. The van der Waals surface area contributed by atoms with Crippen LogP contribution in [0.5, 0.6) is 11.5 Å². The van der Waals surface area contributed by atoms with Gasteiger partial charge in [-0.3, -0.25) is 4.79 Å². The Morgan fingerprint density at radius 1 is 1.14 bits per heavy atom. The molecule has 1 aliphatic rings. The van der Waals surface area contributed by atoms with Gasteiger partial charge in [0.05, 0.1) is 36.3 Å². The Kier molecular flexibility index (Phi) is 5.82. The summed E-state index contributed by atoms with van der Waals surface area (Å²) >= 11 is 0. The molecule has 1 saturated heterocycles. The molecule has 5 rings (SSSR count). The topological polar surface area (TPSA) is 108 Å². The number of carbonyl (C=O) groups excluding carboxylic acids is 1. The Bertz CT molecular complexity index is 1400. The summed E-state index contributed by atoms with van der Waals surface area (Å²) < 4.78 is 53.2. The molecule has 1 atom stereocenters. The summed E-state index contributed by atoms with van der Waals surface area (Å²) in [6, 6.07) is 8.30. The third-order valence-corrected chi connectivity index (χ3v) is 5.74. The number of likely N-dealkylation sites (tertiary alicyclic amines) is 1. The summed E-state index contributed by atoms with van der Waals surface area (Å²) in [4.78, 5) is 20.7. The molecule has 0 spiro atoms. The number of benzene rings is 2. The fourth-order valence-electron chi connectivity index (χ4n) is 3.96. The molecule has 4 aromatic rings. The van der Waals surface area contributed by atoms with E-state index >= 15 is 0 Å². The molecule has 1 aliphatic heterocycles. The molecule has 0 saturated carbocycles. The Labute approximate surface area is 202 Å². The third kappa shape index (κ3) is 4.34. The van der Waals surface area contributed by atoms with E-state index in [2.05, 4.69) is 25.1 Å². The van der Waals surface area contributed by atoms with E-state index in [-0.39, 0.29) is 23.2 Å². The number of hydrogen-bond donors (Lipinski definition) is 0. The lowest BCUT2D eigenvalue weighted by molar-refractivity contribution is -0.274. The number of aromatic nitrogens is 5. The summed E-state index contributed by atoms with van der Waals surface area (Å²) in [5.74, 6) is -0.251. The molecule has 13 heteroatoms. The van der Waals surface area contributed by atoms with Gasteiger partial charge in [-0.05, 0) is 43.2 Å². The molecular formula is C23H19F3N6O4. The molecule has 10 nitrogen and oxygen atoms in total. The number of methoxy groups -OCH3 is 1. The van der Waals surface area contributed by atoms with Crippen molar-refractivity contribution in [3.05, 3.63) is 65.8 Å². The molecule has 0 N–H and O–H groups in total. The third-order valence-electron chi connectivity index (χ3n) is 5.74. The van der Waals surface area contributed by atoms with Crippen LogP contribution in [0.2, 0.25) is 0 Å². The predicted octanol–water partition coefficient (Wildman–Crippen LogP) is 4.12. The van der Waals surface area contributed by atoms with Gasteiger partial charge >= 0.3 is 6.36 Å². The number of hydrogen-bond acceptors (Lipinski definition) is 8. The highest BCUT2D eigenvalue weighted by Crippen LogP contribution is 2.38. The Balaban J connectivity index is 1.44. The van der Waals surface area contributed by atoms with Gasteiger partial charge in [-0.25, -0.2) is 0 Å². The van der Waals surface area contributed by atoms with Gasteiger partial charge in [-0.2, -0.15) is 20.0 Å². The van der Waals surface area contributed by atoms with Crippen LogP contribution in [0.15, 0.2) is 53.3 Å². The van der Waals surface area contributed by atoms with Crippen LogP contribution in [0.3, 0.4) is 0 Å². The minimum Gasteiger partial charge on any atom is -0.496 e. The summed E-state index contributed by atoms with van der Waals surface area (Å²) in [7, 11) is 1.51. The molecule has 0 aliphatic carbocycles. The first-order valence-electron chi connectivity index (χ1n) is 10.8. The molecule has 0 radical (unpaired) electrons. The zero-order valence-corrected chi connectivity index (χ0v) is 19.1. The van der Waals surface area contributed by atoms with Gasteiger partial charge < -0.3 is 18.9 Å². The van der Waals surface area contributed by atoms with Gasteiger partial charge in [0.2, 0.25) is 11.7 Å². The summed E-state index contributed by atoms with van der Waals surface area (Å²) in [6.45, 7) is 2.25. The first-order chi connectivity index (χ1) is 17.2. The maximum Gasteiger partial charge on any atom is 0.573 e. The van der Waals surface area contributed by atoms with Gasteiger partial charge in [0.1, 0.15) is 17.5 Å². The van der Waals surface area contributed by atoms with Crippen molar-refractivity contribution < 1.29 is 32.0 Å². The van der Waals surface area contributed by atoms with Crippen molar-refractivity contribution in [3.63, 3.8) is 0 Å². The highest BCUT2D eigenvalue weighted by atomic mass is 19.4. The van der Waals surface area contributed by atoms with Crippen LogP contribution in [-0.4, -0.2) is 56.0 Å². The van der Waals surface area contributed by atoms with Crippen molar-refractivity contribution in [1.82, 2.24) is 30.0 Å². The van der Waals surface area contributed by atoms with Gasteiger partial charge in [0, 0.05) is 6.54 Å². The molecule has 186 valence electrons. The first-order valence-corrected chi connectivity index (χ1v) is 10.8. The van der Waals surface area contributed by atoms with Crippen molar-refractivity contribution in [2.24, 2.45) is 0 Å². The second kappa shape index (κ2) is 8.98. The Hall–Kier alpha value is -4.42. The highest BCUT2D eigenvalue weighted by Gasteiger charge is 2.39. The number of nitrogens with zero attached hydrogens (tertiary/aromatic N) is 6. The zero-order chi connectivity index (χ0) is 25.4. The van der Waals surface area contributed by atoms with Crippen LogP contribution in [-0.2, 0) is 0 Å². The highest BCUT2D eigenvalue weighted by molar-refractivity contribution is 5.99. The molecule has 3 heterocycles. The van der Waals surface area contributed by atoms with Gasteiger partial charge in [0.15, 0.2) is 0 Å². The van der Waals surface area contributed by atoms with E-state index in [9.17, 15) is 18.0 Å². The van der Waals surface area contributed by atoms with Crippen LogP contribution in [0.1, 0.15) is 34.3 Å².